The lowest BCUT2D eigenvalue weighted by Gasteiger charge is -2.43. The van der Waals surface area contributed by atoms with Gasteiger partial charge in [0.2, 0.25) is 0 Å². The van der Waals surface area contributed by atoms with Crippen molar-refractivity contribution >= 4 is 5.91 Å². The molecule has 6 heteroatoms. The molecule has 144 valence electrons. The Bertz CT molecular complexity index is 823. The molecule has 0 aliphatic carbocycles. The number of aliphatic hydroxyl groups is 1. The molecule has 5 nitrogen and oxygen atoms in total. The topological polar surface area (TPSA) is 59.0 Å². The van der Waals surface area contributed by atoms with Crippen LogP contribution in [-0.2, 0) is 5.60 Å². The fourth-order valence-corrected chi connectivity index (χ4v) is 3.63. The number of carbonyl (C=O) groups excluding carboxylic acids is 1. The highest BCUT2D eigenvalue weighted by Gasteiger charge is 2.41. The number of piperidine rings is 1. The van der Waals surface area contributed by atoms with Gasteiger partial charge in [0.15, 0.2) is 11.5 Å². The Hall–Kier alpha value is -2.60. The van der Waals surface area contributed by atoms with Crippen molar-refractivity contribution in [3.05, 3.63) is 59.4 Å². The second kappa shape index (κ2) is 7.56. The Balaban J connectivity index is 1.77. The molecule has 1 heterocycles. The number of nitrogens with zero attached hydrogens (tertiary/aromatic N) is 1. The molecule has 27 heavy (non-hydrogen) atoms. The third kappa shape index (κ3) is 3.62. The Kier molecular flexibility index (Phi) is 5.37. The van der Waals surface area contributed by atoms with Gasteiger partial charge in [-0.25, -0.2) is 4.39 Å². The first kappa shape index (κ1) is 19.2. The number of likely N-dealkylation sites (tertiary alicyclic amines) is 1. The quantitative estimate of drug-likeness (QED) is 0.894. The maximum atomic E-state index is 13.2. The minimum Gasteiger partial charge on any atom is -0.493 e. The summed E-state index contributed by atoms with van der Waals surface area (Å²) in [5.74, 6) is 0.406. The molecule has 1 saturated heterocycles. The predicted octanol–water partition coefficient (Wildman–Crippen LogP) is 3.21. The van der Waals surface area contributed by atoms with Crippen LogP contribution in [-0.4, -0.2) is 43.2 Å². The first-order chi connectivity index (χ1) is 12.9. The van der Waals surface area contributed by atoms with Crippen LogP contribution in [0, 0.1) is 11.7 Å². The number of amides is 1. The first-order valence-corrected chi connectivity index (χ1v) is 8.88. The Morgan fingerprint density at radius 2 is 1.81 bits per heavy atom. The van der Waals surface area contributed by atoms with E-state index in [-0.39, 0.29) is 17.6 Å². The van der Waals surface area contributed by atoms with Gasteiger partial charge in [0.25, 0.3) is 5.91 Å². The van der Waals surface area contributed by atoms with Gasteiger partial charge in [0.1, 0.15) is 5.82 Å². The van der Waals surface area contributed by atoms with E-state index in [0.717, 1.165) is 0 Å². The van der Waals surface area contributed by atoms with Crippen LogP contribution in [0.4, 0.5) is 4.39 Å². The van der Waals surface area contributed by atoms with Crippen LogP contribution in [0.15, 0.2) is 42.5 Å². The predicted molar refractivity (Wildman–Crippen MR) is 99.5 cm³/mol. The molecule has 2 atom stereocenters. The van der Waals surface area contributed by atoms with E-state index in [1.807, 2.05) is 6.92 Å². The molecule has 0 saturated carbocycles. The van der Waals surface area contributed by atoms with Gasteiger partial charge >= 0.3 is 0 Å². The number of benzene rings is 2. The van der Waals surface area contributed by atoms with Crippen LogP contribution < -0.4 is 9.47 Å². The average Bonchev–Trinajstić information content (AvgIpc) is 2.69. The third-order valence-corrected chi connectivity index (χ3v) is 5.33. The van der Waals surface area contributed by atoms with Gasteiger partial charge in [-0.3, -0.25) is 4.79 Å². The van der Waals surface area contributed by atoms with E-state index in [4.69, 9.17) is 9.47 Å². The molecular weight excluding hydrogens is 349 g/mol. The Morgan fingerprint density at radius 1 is 1.15 bits per heavy atom. The summed E-state index contributed by atoms with van der Waals surface area (Å²) in [6.45, 7) is 2.71. The molecule has 1 N–H and O–H groups in total. The monoisotopic (exact) mass is 373 g/mol. The average molecular weight is 373 g/mol. The molecule has 1 aliphatic rings. The number of hydrogen-bond acceptors (Lipinski definition) is 4. The molecule has 0 radical (unpaired) electrons. The minimum atomic E-state index is -1.08. The van der Waals surface area contributed by atoms with Gasteiger partial charge in [-0.15, -0.1) is 0 Å². The largest absolute Gasteiger partial charge is 0.493 e. The molecule has 0 spiro atoms. The molecule has 2 aromatic carbocycles. The summed E-state index contributed by atoms with van der Waals surface area (Å²) in [4.78, 5) is 14.6. The van der Waals surface area contributed by atoms with Crippen LogP contribution in [0.1, 0.15) is 29.3 Å². The number of halogens is 1. The van der Waals surface area contributed by atoms with Crippen molar-refractivity contribution in [2.45, 2.75) is 18.9 Å². The number of methoxy groups -OCH3 is 2. The highest BCUT2D eigenvalue weighted by molar-refractivity contribution is 5.95. The van der Waals surface area contributed by atoms with Crippen molar-refractivity contribution in [1.29, 1.82) is 0 Å². The highest BCUT2D eigenvalue weighted by Crippen LogP contribution is 2.38. The fraction of sp³-hybridized carbons (Fsp3) is 0.381. The minimum absolute atomic E-state index is 0.121. The van der Waals surface area contributed by atoms with Crippen molar-refractivity contribution in [2.75, 3.05) is 27.3 Å². The maximum absolute atomic E-state index is 13.2. The van der Waals surface area contributed by atoms with Crippen LogP contribution in [0.2, 0.25) is 0 Å². The van der Waals surface area contributed by atoms with E-state index >= 15 is 0 Å². The van der Waals surface area contributed by atoms with E-state index in [1.54, 1.807) is 42.3 Å². The van der Waals surface area contributed by atoms with Crippen molar-refractivity contribution < 1.29 is 23.8 Å². The van der Waals surface area contributed by atoms with E-state index < -0.39 is 5.60 Å². The third-order valence-electron chi connectivity index (χ3n) is 5.33. The van der Waals surface area contributed by atoms with Gasteiger partial charge in [-0.1, -0.05) is 19.1 Å². The van der Waals surface area contributed by atoms with E-state index in [0.29, 0.717) is 42.1 Å². The second-order valence-corrected chi connectivity index (χ2v) is 6.90. The lowest BCUT2D eigenvalue weighted by Crippen LogP contribution is -2.50. The highest BCUT2D eigenvalue weighted by atomic mass is 19.1. The molecule has 1 fully saturated rings. The summed E-state index contributed by atoms with van der Waals surface area (Å²) >= 11 is 0. The number of rotatable bonds is 4. The first-order valence-electron chi connectivity index (χ1n) is 8.88. The zero-order valence-electron chi connectivity index (χ0n) is 15.7. The Morgan fingerprint density at radius 3 is 2.41 bits per heavy atom. The fourth-order valence-electron chi connectivity index (χ4n) is 3.63. The van der Waals surface area contributed by atoms with E-state index in [9.17, 15) is 14.3 Å². The van der Waals surface area contributed by atoms with Crippen molar-refractivity contribution in [3.8, 4) is 11.5 Å². The van der Waals surface area contributed by atoms with Gasteiger partial charge in [0, 0.05) is 24.6 Å². The molecular formula is C21H24FNO4. The van der Waals surface area contributed by atoms with Gasteiger partial charge in [-0.2, -0.15) is 0 Å². The van der Waals surface area contributed by atoms with Crippen LogP contribution in [0.3, 0.4) is 0 Å². The normalized spacial score (nSPS) is 22.4. The molecule has 0 bridgehead atoms. The summed E-state index contributed by atoms with van der Waals surface area (Å²) in [6, 6.07) is 11.0. The molecule has 3 rings (SSSR count). The summed E-state index contributed by atoms with van der Waals surface area (Å²) in [5.41, 5.74) is 0.101. The second-order valence-electron chi connectivity index (χ2n) is 6.90. The van der Waals surface area contributed by atoms with Crippen molar-refractivity contribution in [2.24, 2.45) is 5.92 Å². The molecule has 1 aliphatic heterocycles. The summed E-state index contributed by atoms with van der Waals surface area (Å²) < 4.78 is 23.7. The maximum Gasteiger partial charge on any atom is 0.254 e. The molecule has 2 unspecified atom stereocenters. The number of ether oxygens (including phenoxy) is 2. The standard InChI is InChI=1S/C21H24FNO4/c1-14-13-23(11-10-21(14,25)16-5-7-17(22)8-6-16)20(24)15-4-9-18(26-2)19(12-15)27-3/h4-9,12,14,25H,10-11,13H2,1-3H3. The van der Waals surface area contributed by atoms with Gasteiger partial charge in [-0.05, 0) is 42.3 Å². The zero-order chi connectivity index (χ0) is 19.6. The van der Waals surface area contributed by atoms with E-state index in [2.05, 4.69) is 0 Å². The van der Waals surface area contributed by atoms with E-state index in [1.165, 1.54) is 19.2 Å². The van der Waals surface area contributed by atoms with Crippen LogP contribution >= 0.6 is 0 Å². The van der Waals surface area contributed by atoms with Crippen molar-refractivity contribution in [1.82, 2.24) is 4.90 Å². The molecule has 2 aromatic rings. The smallest absolute Gasteiger partial charge is 0.254 e. The SMILES string of the molecule is COc1ccc(C(=O)N2CCC(O)(c3ccc(F)cc3)C(C)C2)cc1OC. The lowest BCUT2D eigenvalue weighted by molar-refractivity contribution is -0.0643. The Labute approximate surface area is 158 Å². The summed E-state index contributed by atoms with van der Waals surface area (Å²) in [6.07, 6.45) is 0.388. The van der Waals surface area contributed by atoms with Gasteiger partial charge < -0.3 is 19.5 Å². The molecule has 1 amide bonds. The summed E-state index contributed by atoms with van der Waals surface area (Å²) in [5, 5.41) is 11.1. The lowest BCUT2D eigenvalue weighted by atomic mass is 9.77. The van der Waals surface area contributed by atoms with Crippen LogP contribution in [0.5, 0.6) is 11.5 Å². The van der Waals surface area contributed by atoms with Gasteiger partial charge in [0.05, 0.1) is 19.8 Å². The van der Waals surface area contributed by atoms with Crippen LogP contribution in [0.25, 0.3) is 0 Å². The number of hydrogen-bond donors (Lipinski definition) is 1. The molecule has 0 aromatic heterocycles. The zero-order valence-corrected chi connectivity index (χ0v) is 15.7. The van der Waals surface area contributed by atoms with Crippen molar-refractivity contribution in [3.63, 3.8) is 0 Å². The number of carbonyl (C=O) groups is 1. The summed E-state index contributed by atoms with van der Waals surface area (Å²) in [7, 11) is 3.07.